The van der Waals surface area contributed by atoms with Crippen LogP contribution in [0.25, 0.3) is 11.1 Å². The first-order valence-corrected chi connectivity index (χ1v) is 11.7. The van der Waals surface area contributed by atoms with Crippen LogP contribution in [0.2, 0.25) is 0 Å². The van der Waals surface area contributed by atoms with E-state index in [2.05, 4.69) is 41.3 Å². The van der Waals surface area contributed by atoms with Gasteiger partial charge in [0.1, 0.15) is 0 Å². The van der Waals surface area contributed by atoms with Gasteiger partial charge in [-0.3, -0.25) is 9.69 Å². The molecule has 0 aromatic heterocycles. The van der Waals surface area contributed by atoms with E-state index in [0.717, 1.165) is 47.3 Å². The smallest absolute Gasteiger partial charge is 0.234 e. The maximum Gasteiger partial charge on any atom is 0.234 e. The Morgan fingerprint density at radius 1 is 0.909 bits per heavy atom. The molecule has 4 heteroatoms. The molecule has 1 aliphatic heterocycles. The Bertz CT molecular complexity index is 1080. The van der Waals surface area contributed by atoms with Crippen molar-refractivity contribution < 1.29 is 9.90 Å². The summed E-state index contributed by atoms with van der Waals surface area (Å²) in [5.74, 6) is -0.100. The third-order valence-electron chi connectivity index (χ3n) is 6.88. The minimum Gasteiger partial charge on any atom is -0.392 e. The van der Waals surface area contributed by atoms with E-state index in [9.17, 15) is 9.90 Å². The van der Waals surface area contributed by atoms with E-state index in [4.69, 9.17) is 0 Å². The van der Waals surface area contributed by atoms with Crippen LogP contribution in [-0.4, -0.2) is 53.6 Å². The van der Waals surface area contributed by atoms with Crippen molar-refractivity contribution in [2.45, 2.75) is 18.6 Å². The van der Waals surface area contributed by atoms with Gasteiger partial charge in [0.25, 0.3) is 0 Å². The highest BCUT2D eigenvalue weighted by Crippen LogP contribution is 2.54. The van der Waals surface area contributed by atoms with Gasteiger partial charge in [-0.05, 0) is 34.3 Å². The van der Waals surface area contributed by atoms with Gasteiger partial charge in [-0.25, -0.2) is 0 Å². The van der Waals surface area contributed by atoms with Crippen molar-refractivity contribution in [3.63, 3.8) is 0 Å². The first-order valence-electron chi connectivity index (χ1n) is 11.7. The fourth-order valence-corrected chi connectivity index (χ4v) is 5.06. The minimum atomic E-state index is -0.276. The summed E-state index contributed by atoms with van der Waals surface area (Å²) in [5.41, 5.74) is 5.60. The van der Waals surface area contributed by atoms with Gasteiger partial charge in [0.2, 0.25) is 5.91 Å². The number of nitrogens with zero attached hydrogens (tertiary/aromatic N) is 2. The van der Waals surface area contributed by atoms with Gasteiger partial charge < -0.3 is 10.0 Å². The van der Waals surface area contributed by atoms with E-state index in [-0.39, 0.29) is 24.0 Å². The van der Waals surface area contributed by atoms with Crippen LogP contribution in [0.4, 0.5) is 0 Å². The lowest BCUT2D eigenvalue weighted by Gasteiger charge is -2.32. The molecule has 0 spiro atoms. The lowest BCUT2D eigenvalue weighted by atomic mass is 10.0. The number of aliphatic hydroxyl groups excluding tert-OH is 1. The number of likely N-dealkylation sites (tertiary alicyclic amines) is 1. The molecule has 3 aromatic carbocycles. The Hall–Kier alpha value is -3.21. The zero-order valence-corrected chi connectivity index (χ0v) is 19.0. The summed E-state index contributed by atoms with van der Waals surface area (Å²) in [6.07, 6.45) is 0.515. The second kappa shape index (κ2) is 9.34. The maximum atomic E-state index is 13.9. The molecule has 1 heterocycles. The van der Waals surface area contributed by atoms with Crippen molar-refractivity contribution in [2.24, 2.45) is 5.92 Å². The third kappa shape index (κ3) is 4.50. The Balaban J connectivity index is 1.44. The van der Waals surface area contributed by atoms with E-state index in [1.165, 1.54) is 0 Å². The molecule has 5 rings (SSSR count). The van der Waals surface area contributed by atoms with Crippen molar-refractivity contribution >= 4 is 17.1 Å². The molecule has 0 bridgehead atoms. The molecule has 0 radical (unpaired) electrons. The second-order valence-electron chi connectivity index (χ2n) is 9.07. The van der Waals surface area contributed by atoms with Crippen LogP contribution in [0, 0.1) is 5.92 Å². The number of carbonyl (C=O) groups is 1. The van der Waals surface area contributed by atoms with Gasteiger partial charge in [-0.2, -0.15) is 0 Å². The molecule has 0 saturated carbocycles. The third-order valence-corrected chi connectivity index (χ3v) is 6.88. The van der Waals surface area contributed by atoms with E-state index in [0.29, 0.717) is 6.54 Å². The zero-order chi connectivity index (χ0) is 22.8. The predicted octanol–water partition coefficient (Wildman–Crippen LogP) is 4.49. The molecule has 1 saturated heterocycles. The van der Waals surface area contributed by atoms with Crippen LogP contribution in [0.5, 0.6) is 0 Å². The summed E-state index contributed by atoms with van der Waals surface area (Å²) in [4.78, 5) is 18.1. The van der Waals surface area contributed by atoms with E-state index >= 15 is 0 Å². The van der Waals surface area contributed by atoms with Crippen LogP contribution in [0.15, 0.2) is 91.0 Å². The van der Waals surface area contributed by atoms with Crippen molar-refractivity contribution in [3.05, 3.63) is 108 Å². The first kappa shape index (κ1) is 21.6. The normalized spacial score (nSPS) is 19.5. The van der Waals surface area contributed by atoms with Gasteiger partial charge in [0.05, 0.1) is 18.1 Å². The number of hydrogen-bond acceptors (Lipinski definition) is 3. The molecular weight excluding hydrogens is 408 g/mol. The summed E-state index contributed by atoms with van der Waals surface area (Å²) in [7, 11) is 1.93. The number of aliphatic hydroxyl groups is 1. The molecule has 2 unspecified atom stereocenters. The average molecular weight is 439 g/mol. The summed E-state index contributed by atoms with van der Waals surface area (Å²) in [5, 5.41) is 10.0. The highest BCUT2D eigenvalue weighted by atomic mass is 16.3. The number of hydrogen-bond donors (Lipinski definition) is 1. The van der Waals surface area contributed by atoms with Gasteiger partial charge in [-0.15, -0.1) is 0 Å². The predicted molar refractivity (Wildman–Crippen MR) is 132 cm³/mol. The number of benzene rings is 3. The Labute approximate surface area is 195 Å². The van der Waals surface area contributed by atoms with E-state index in [1.807, 2.05) is 66.5 Å². The molecule has 1 aliphatic carbocycles. The SMILES string of the molecule is CN(C(=O)C1C(c2ccccc2)=C1c1ccccc1)C(CN1CCC(O)C1)c1ccccc1. The molecule has 2 aliphatic rings. The van der Waals surface area contributed by atoms with Gasteiger partial charge in [0, 0.05) is 26.7 Å². The highest BCUT2D eigenvalue weighted by molar-refractivity contribution is 6.23. The first-order chi connectivity index (χ1) is 16.1. The molecule has 1 fully saturated rings. The molecule has 1 amide bonds. The van der Waals surface area contributed by atoms with Crippen LogP contribution in [-0.2, 0) is 4.79 Å². The van der Waals surface area contributed by atoms with Crippen LogP contribution >= 0.6 is 0 Å². The van der Waals surface area contributed by atoms with Crippen molar-refractivity contribution in [2.75, 3.05) is 26.7 Å². The maximum absolute atomic E-state index is 13.9. The molecule has 168 valence electrons. The number of likely N-dealkylation sites (N-methyl/N-ethyl adjacent to an activating group) is 1. The number of carbonyl (C=O) groups excluding carboxylic acids is 1. The minimum absolute atomic E-state index is 0.0707. The number of β-amino-alcohol motifs (C(OH)–C–C–N with tert-alkyl or cyclic N) is 1. The van der Waals surface area contributed by atoms with Gasteiger partial charge >= 0.3 is 0 Å². The second-order valence-corrected chi connectivity index (χ2v) is 9.07. The molecule has 4 nitrogen and oxygen atoms in total. The van der Waals surface area contributed by atoms with Crippen LogP contribution < -0.4 is 0 Å². The fraction of sp³-hybridized carbons (Fsp3) is 0.276. The molecule has 33 heavy (non-hydrogen) atoms. The monoisotopic (exact) mass is 438 g/mol. The molecule has 2 atom stereocenters. The lowest BCUT2D eigenvalue weighted by Crippen LogP contribution is -2.40. The average Bonchev–Trinajstić information content (AvgIpc) is 3.49. The van der Waals surface area contributed by atoms with Crippen LogP contribution in [0.3, 0.4) is 0 Å². The summed E-state index contributed by atoms with van der Waals surface area (Å²) in [6, 6.07) is 30.7. The van der Waals surface area contributed by atoms with E-state index in [1.54, 1.807) is 0 Å². The van der Waals surface area contributed by atoms with Crippen molar-refractivity contribution in [3.8, 4) is 0 Å². The molecular formula is C29H30N2O2. The standard InChI is InChI=1S/C29H30N2O2/c1-30(25(21-11-5-2-6-12-21)20-31-18-17-24(32)19-31)29(33)28-26(22-13-7-3-8-14-22)27(28)23-15-9-4-10-16-23/h2-16,24-25,28,32H,17-20H2,1H3. The highest BCUT2D eigenvalue weighted by Gasteiger charge is 2.46. The van der Waals surface area contributed by atoms with Crippen LogP contribution in [0.1, 0.15) is 29.2 Å². The number of amides is 1. The lowest BCUT2D eigenvalue weighted by molar-refractivity contribution is -0.132. The fourth-order valence-electron chi connectivity index (χ4n) is 5.06. The van der Waals surface area contributed by atoms with Gasteiger partial charge in [-0.1, -0.05) is 91.0 Å². The summed E-state index contributed by atoms with van der Waals surface area (Å²) >= 11 is 0. The Morgan fingerprint density at radius 3 is 1.91 bits per heavy atom. The topological polar surface area (TPSA) is 43.8 Å². The van der Waals surface area contributed by atoms with Crippen molar-refractivity contribution in [1.82, 2.24) is 9.80 Å². The zero-order valence-electron chi connectivity index (χ0n) is 19.0. The quantitative estimate of drug-likeness (QED) is 0.591. The Kier molecular flexibility index (Phi) is 6.12. The summed E-state index contributed by atoms with van der Waals surface area (Å²) in [6.45, 7) is 2.24. The van der Waals surface area contributed by atoms with E-state index < -0.39 is 0 Å². The Morgan fingerprint density at radius 2 is 1.42 bits per heavy atom. The largest absolute Gasteiger partial charge is 0.392 e. The van der Waals surface area contributed by atoms with Gasteiger partial charge in [0.15, 0.2) is 0 Å². The molecule has 1 N–H and O–H groups in total. The molecule has 3 aromatic rings. The number of rotatable bonds is 7. The van der Waals surface area contributed by atoms with Crippen molar-refractivity contribution in [1.29, 1.82) is 0 Å². The summed E-state index contributed by atoms with van der Waals surface area (Å²) < 4.78 is 0.